The van der Waals surface area contributed by atoms with E-state index >= 15 is 0 Å². The Morgan fingerprint density at radius 3 is 2.88 bits per heavy atom. The van der Waals surface area contributed by atoms with E-state index in [-0.39, 0.29) is 11.8 Å². The smallest absolute Gasteiger partial charge is 0.255 e. The molecule has 4 nitrogen and oxygen atoms in total. The topological polar surface area (TPSA) is 54.4 Å². The second-order valence-corrected chi connectivity index (χ2v) is 4.74. The molecule has 5 heteroatoms. The van der Waals surface area contributed by atoms with Crippen LogP contribution >= 0.6 is 11.3 Å². The number of amides is 1. The molecule has 3 rings (SSSR count). The number of thiazole rings is 1. The van der Waals surface area contributed by atoms with Crippen molar-refractivity contribution in [1.29, 1.82) is 0 Å². The van der Waals surface area contributed by atoms with Crippen molar-refractivity contribution in [2.75, 3.05) is 0 Å². The van der Waals surface area contributed by atoms with Crippen LogP contribution in [0.4, 0.5) is 0 Å². The van der Waals surface area contributed by atoms with Crippen molar-refractivity contribution < 1.29 is 4.79 Å². The first kappa shape index (κ1) is 9.47. The minimum atomic E-state index is -0.308. The van der Waals surface area contributed by atoms with Gasteiger partial charge in [-0.05, 0) is 19.1 Å². The maximum Gasteiger partial charge on any atom is 0.255 e. The predicted molar refractivity (Wildman–Crippen MR) is 63.6 cm³/mol. The number of nitrogens with zero attached hydrogens (tertiary/aromatic N) is 2. The van der Waals surface area contributed by atoms with E-state index in [9.17, 15) is 4.79 Å². The molecule has 0 aliphatic carbocycles. The molecular formula is C11H9N3OS. The number of para-hydroxylation sites is 1. The maximum atomic E-state index is 11.6. The van der Waals surface area contributed by atoms with Gasteiger partial charge >= 0.3 is 0 Å². The number of hydrogen-bond acceptors (Lipinski definition) is 4. The summed E-state index contributed by atoms with van der Waals surface area (Å²) >= 11 is 1.55. The fourth-order valence-electron chi connectivity index (χ4n) is 1.77. The summed E-state index contributed by atoms with van der Waals surface area (Å²) in [4.78, 5) is 16.1. The van der Waals surface area contributed by atoms with Crippen molar-refractivity contribution in [3.8, 4) is 0 Å². The van der Waals surface area contributed by atoms with Crippen molar-refractivity contribution >= 4 is 33.2 Å². The van der Waals surface area contributed by atoms with Gasteiger partial charge in [-0.25, -0.2) is 10.4 Å². The van der Waals surface area contributed by atoms with Gasteiger partial charge in [-0.15, -0.1) is 11.3 Å². The fourth-order valence-corrected chi connectivity index (χ4v) is 2.90. The van der Waals surface area contributed by atoms with Crippen LogP contribution in [-0.2, 0) is 4.79 Å². The zero-order valence-electron chi connectivity index (χ0n) is 8.60. The average Bonchev–Trinajstić information content (AvgIpc) is 2.82. The highest BCUT2D eigenvalue weighted by molar-refractivity contribution is 7.18. The van der Waals surface area contributed by atoms with Crippen LogP contribution in [0.5, 0.6) is 0 Å². The molecule has 1 aromatic carbocycles. The molecular weight excluding hydrogens is 222 g/mol. The number of hydrazone groups is 1. The Balaban J connectivity index is 2.12. The molecule has 0 saturated carbocycles. The second kappa shape index (κ2) is 3.38. The zero-order chi connectivity index (χ0) is 11.1. The molecule has 1 unspecified atom stereocenters. The van der Waals surface area contributed by atoms with Gasteiger partial charge in [0, 0.05) is 0 Å². The summed E-state index contributed by atoms with van der Waals surface area (Å²) in [5.41, 5.74) is 4.20. The number of rotatable bonds is 1. The second-order valence-electron chi connectivity index (χ2n) is 3.68. The van der Waals surface area contributed by atoms with Crippen LogP contribution in [0, 0.1) is 0 Å². The minimum Gasteiger partial charge on any atom is -0.272 e. The molecule has 0 saturated heterocycles. The van der Waals surface area contributed by atoms with Gasteiger partial charge in [0.05, 0.1) is 15.9 Å². The maximum absolute atomic E-state index is 11.6. The van der Waals surface area contributed by atoms with Crippen LogP contribution in [0.1, 0.15) is 17.8 Å². The third-order valence-corrected chi connectivity index (χ3v) is 3.68. The van der Waals surface area contributed by atoms with Gasteiger partial charge < -0.3 is 0 Å². The number of hydrogen-bond donors (Lipinski definition) is 1. The SMILES string of the molecule is CC1=NNC(=O)C1c1nc2ccccc2s1. The van der Waals surface area contributed by atoms with Gasteiger partial charge in [-0.3, -0.25) is 4.79 Å². The van der Waals surface area contributed by atoms with Gasteiger partial charge in [0.2, 0.25) is 0 Å². The minimum absolute atomic E-state index is 0.0865. The molecule has 80 valence electrons. The average molecular weight is 231 g/mol. The summed E-state index contributed by atoms with van der Waals surface area (Å²) in [5.74, 6) is -0.394. The Morgan fingerprint density at radius 2 is 2.19 bits per heavy atom. The Labute approximate surface area is 96.0 Å². The van der Waals surface area contributed by atoms with Crippen molar-refractivity contribution in [1.82, 2.24) is 10.4 Å². The summed E-state index contributed by atoms with van der Waals surface area (Å²) in [6.07, 6.45) is 0. The van der Waals surface area contributed by atoms with Crippen LogP contribution in [0.2, 0.25) is 0 Å². The molecule has 1 atom stereocenters. The molecule has 0 spiro atoms. The Hall–Kier alpha value is -1.75. The Kier molecular flexibility index (Phi) is 2.00. The van der Waals surface area contributed by atoms with Gasteiger partial charge in [-0.2, -0.15) is 5.10 Å². The molecule has 1 aliphatic rings. The molecule has 1 amide bonds. The molecule has 0 fully saturated rings. The number of carbonyl (C=O) groups excluding carboxylic acids is 1. The first-order valence-corrected chi connectivity index (χ1v) is 5.77. The quantitative estimate of drug-likeness (QED) is 0.814. The van der Waals surface area contributed by atoms with Gasteiger partial charge in [0.15, 0.2) is 0 Å². The third kappa shape index (κ3) is 1.32. The lowest BCUT2D eigenvalue weighted by Crippen LogP contribution is -2.19. The molecule has 1 aromatic heterocycles. The number of benzene rings is 1. The number of aromatic nitrogens is 1. The van der Waals surface area contributed by atoms with E-state index in [0.717, 1.165) is 20.9 Å². The normalized spacial score (nSPS) is 19.9. The summed E-state index contributed by atoms with van der Waals surface area (Å²) in [5, 5.41) is 4.75. The lowest BCUT2D eigenvalue weighted by molar-refractivity contribution is -0.120. The highest BCUT2D eigenvalue weighted by Gasteiger charge is 2.31. The van der Waals surface area contributed by atoms with E-state index in [0.29, 0.717) is 0 Å². The molecule has 16 heavy (non-hydrogen) atoms. The van der Waals surface area contributed by atoms with Gasteiger partial charge in [-0.1, -0.05) is 12.1 Å². The van der Waals surface area contributed by atoms with Crippen LogP contribution in [0.25, 0.3) is 10.2 Å². The number of nitrogens with one attached hydrogen (secondary N) is 1. The van der Waals surface area contributed by atoms with E-state index < -0.39 is 0 Å². The van der Waals surface area contributed by atoms with Crippen molar-refractivity contribution in [2.24, 2.45) is 5.10 Å². The van der Waals surface area contributed by atoms with E-state index in [1.54, 1.807) is 11.3 Å². The van der Waals surface area contributed by atoms with E-state index in [2.05, 4.69) is 15.5 Å². The lowest BCUT2D eigenvalue weighted by atomic mass is 10.1. The van der Waals surface area contributed by atoms with E-state index in [4.69, 9.17) is 0 Å². The largest absolute Gasteiger partial charge is 0.272 e. The first-order valence-electron chi connectivity index (χ1n) is 4.95. The fraction of sp³-hybridized carbons (Fsp3) is 0.182. The summed E-state index contributed by atoms with van der Waals surface area (Å²) in [6.45, 7) is 1.84. The summed E-state index contributed by atoms with van der Waals surface area (Å²) < 4.78 is 1.10. The van der Waals surface area contributed by atoms with Crippen LogP contribution in [-0.4, -0.2) is 16.6 Å². The van der Waals surface area contributed by atoms with E-state index in [1.165, 1.54) is 0 Å². The van der Waals surface area contributed by atoms with Crippen LogP contribution in [0.3, 0.4) is 0 Å². The summed E-state index contributed by atoms with van der Waals surface area (Å²) in [7, 11) is 0. The molecule has 0 bridgehead atoms. The standard InChI is InChI=1S/C11H9N3OS/c1-6-9(10(15)14-13-6)11-12-7-4-2-3-5-8(7)16-11/h2-5,9H,1H3,(H,14,15). The summed E-state index contributed by atoms with van der Waals surface area (Å²) in [6, 6.07) is 7.88. The van der Waals surface area contributed by atoms with Crippen molar-refractivity contribution in [3.63, 3.8) is 0 Å². The molecule has 0 radical (unpaired) electrons. The first-order chi connectivity index (χ1) is 7.75. The number of carbonyl (C=O) groups is 1. The lowest BCUT2D eigenvalue weighted by Gasteiger charge is -2.01. The highest BCUT2D eigenvalue weighted by atomic mass is 32.1. The van der Waals surface area contributed by atoms with Crippen LogP contribution < -0.4 is 5.43 Å². The van der Waals surface area contributed by atoms with Gasteiger partial charge in [0.1, 0.15) is 10.9 Å². The monoisotopic (exact) mass is 231 g/mol. The molecule has 1 aliphatic heterocycles. The Bertz CT molecular complexity index is 569. The predicted octanol–water partition coefficient (Wildman–Crippen LogP) is 1.89. The molecule has 1 N–H and O–H groups in total. The molecule has 2 heterocycles. The third-order valence-electron chi connectivity index (χ3n) is 2.58. The molecule has 2 aromatic rings. The van der Waals surface area contributed by atoms with Crippen molar-refractivity contribution in [3.05, 3.63) is 29.3 Å². The van der Waals surface area contributed by atoms with Gasteiger partial charge in [0.25, 0.3) is 5.91 Å². The number of fused-ring (bicyclic) bond motifs is 1. The van der Waals surface area contributed by atoms with E-state index in [1.807, 2.05) is 31.2 Å². The zero-order valence-corrected chi connectivity index (χ0v) is 9.41. The highest BCUT2D eigenvalue weighted by Crippen LogP contribution is 2.29. The van der Waals surface area contributed by atoms with Crippen LogP contribution in [0.15, 0.2) is 29.4 Å². The van der Waals surface area contributed by atoms with Crippen molar-refractivity contribution in [2.45, 2.75) is 12.8 Å². The Morgan fingerprint density at radius 1 is 1.38 bits per heavy atom.